The van der Waals surface area contributed by atoms with Gasteiger partial charge < -0.3 is 14.8 Å². The Labute approximate surface area is 110 Å². The number of ether oxygens (including phenoxy) is 2. The smallest absolute Gasteiger partial charge is 0.123 e. The van der Waals surface area contributed by atoms with E-state index in [0.717, 1.165) is 18.8 Å². The van der Waals surface area contributed by atoms with Crippen LogP contribution in [0.5, 0.6) is 5.75 Å². The van der Waals surface area contributed by atoms with Crippen LogP contribution in [0.4, 0.5) is 0 Å². The third-order valence-electron chi connectivity index (χ3n) is 2.49. The van der Waals surface area contributed by atoms with Gasteiger partial charge in [0.1, 0.15) is 12.4 Å². The van der Waals surface area contributed by atoms with Gasteiger partial charge in [-0.3, -0.25) is 0 Å². The minimum absolute atomic E-state index is 0.297. The maximum absolute atomic E-state index is 5.70. The van der Waals surface area contributed by atoms with E-state index in [-0.39, 0.29) is 0 Å². The zero-order valence-electron chi connectivity index (χ0n) is 12.0. The molecule has 1 aromatic rings. The summed E-state index contributed by atoms with van der Waals surface area (Å²) in [5, 5.41) is 3.46. The van der Waals surface area contributed by atoms with Gasteiger partial charge in [-0.1, -0.05) is 39.0 Å². The summed E-state index contributed by atoms with van der Waals surface area (Å²) in [6.45, 7) is 9.69. The molecule has 0 atom stereocenters. The van der Waals surface area contributed by atoms with Crippen LogP contribution in [0.3, 0.4) is 0 Å². The number of hydrogen-bond acceptors (Lipinski definition) is 3. The third-order valence-corrected chi connectivity index (χ3v) is 2.49. The van der Waals surface area contributed by atoms with E-state index in [1.54, 1.807) is 7.11 Å². The highest BCUT2D eigenvalue weighted by Gasteiger charge is 2.10. The van der Waals surface area contributed by atoms with Crippen LogP contribution in [-0.4, -0.2) is 26.9 Å². The summed E-state index contributed by atoms with van der Waals surface area (Å²) < 4.78 is 10.7. The van der Waals surface area contributed by atoms with Crippen molar-refractivity contribution in [3.63, 3.8) is 0 Å². The molecule has 0 unspecified atom stereocenters. The third kappa shape index (κ3) is 6.03. The second-order valence-corrected chi connectivity index (χ2v) is 5.61. The second kappa shape index (κ2) is 7.39. The fourth-order valence-electron chi connectivity index (χ4n) is 1.60. The zero-order chi connectivity index (χ0) is 13.4. The highest BCUT2D eigenvalue weighted by Crippen LogP contribution is 2.18. The van der Waals surface area contributed by atoms with E-state index in [0.29, 0.717) is 18.6 Å². The Balaban J connectivity index is 2.48. The zero-order valence-corrected chi connectivity index (χ0v) is 12.0. The summed E-state index contributed by atoms with van der Waals surface area (Å²) >= 11 is 0. The molecule has 18 heavy (non-hydrogen) atoms. The summed E-state index contributed by atoms with van der Waals surface area (Å²) in [5.74, 6) is 0.941. The fourth-order valence-corrected chi connectivity index (χ4v) is 1.60. The fraction of sp³-hybridized carbons (Fsp3) is 0.600. The molecule has 0 heterocycles. The SMILES string of the molecule is COCCOc1ccccc1CNCC(C)(C)C. The van der Waals surface area contributed by atoms with Crippen LogP contribution in [0, 0.1) is 5.41 Å². The van der Waals surface area contributed by atoms with Crippen LogP contribution < -0.4 is 10.1 Å². The van der Waals surface area contributed by atoms with Crippen LogP contribution in [0.2, 0.25) is 0 Å². The van der Waals surface area contributed by atoms with Crippen LogP contribution in [-0.2, 0) is 11.3 Å². The normalized spacial score (nSPS) is 11.6. The van der Waals surface area contributed by atoms with Crippen molar-refractivity contribution >= 4 is 0 Å². The van der Waals surface area contributed by atoms with Gasteiger partial charge in [-0.2, -0.15) is 0 Å². The molecule has 0 radical (unpaired) electrons. The van der Waals surface area contributed by atoms with E-state index >= 15 is 0 Å². The Morgan fingerprint density at radius 1 is 1.11 bits per heavy atom. The average molecular weight is 251 g/mol. The van der Waals surface area contributed by atoms with Crippen molar-refractivity contribution in [3.8, 4) is 5.75 Å². The molecular weight excluding hydrogens is 226 g/mol. The lowest BCUT2D eigenvalue weighted by molar-refractivity contribution is 0.145. The Hall–Kier alpha value is -1.06. The average Bonchev–Trinajstić information content (AvgIpc) is 2.30. The Bertz CT molecular complexity index is 345. The van der Waals surface area contributed by atoms with E-state index in [1.807, 2.05) is 18.2 Å². The highest BCUT2D eigenvalue weighted by molar-refractivity contribution is 5.33. The minimum Gasteiger partial charge on any atom is -0.491 e. The molecule has 0 saturated carbocycles. The predicted molar refractivity (Wildman–Crippen MR) is 75.0 cm³/mol. The van der Waals surface area contributed by atoms with Gasteiger partial charge in [-0.15, -0.1) is 0 Å². The largest absolute Gasteiger partial charge is 0.491 e. The second-order valence-electron chi connectivity index (χ2n) is 5.61. The first-order chi connectivity index (χ1) is 8.53. The molecule has 0 saturated heterocycles. The monoisotopic (exact) mass is 251 g/mol. The van der Waals surface area contributed by atoms with Crippen LogP contribution in [0.15, 0.2) is 24.3 Å². The number of hydrogen-bond donors (Lipinski definition) is 1. The molecule has 1 aromatic carbocycles. The van der Waals surface area contributed by atoms with Crippen molar-refractivity contribution in [1.29, 1.82) is 0 Å². The van der Waals surface area contributed by atoms with Crippen LogP contribution in [0.1, 0.15) is 26.3 Å². The molecule has 0 amide bonds. The first-order valence-corrected chi connectivity index (χ1v) is 6.43. The van der Waals surface area contributed by atoms with Crippen molar-refractivity contribution < 1.29 is 9.47 Å². The van der Waals surface area contributed by atoms with Crippen molar-refractivity contribution in [3.05, 3.63) is 29.8 Å². The van der Waals surface area contributed by atoms with Crippen molar-refractivity contribution in [2.45, 2.75) is 27.3 Å². The van der Waals surface area contributed by atoms with Gasteiger partial charge in [0.25, 0.3) is 0 Å². The van der Waals surface area contributed by atoms with Gasteiger partial charge in [-0.05, 0) is 11.5 Å². The van der Waals surface area contributed by atoms with E-state index in [9.17, 15) is 0 Å². The lowest BCUT2D eigenvalue weighted by Gasteiger charge is -2.19. The molecule has 0 aromatic heterocycles. The molecule has 3 nitrogen and oxygen atoms in total. The number of nitrogens with one attached hydrogen (secondary N) is 1. The topological polar surface area (TPSA) is 30.5 Å². The van der Waals surface area contributed by atoms with Crippen molar-refractivity contribution in [2.24, 2.45) is 5.41 Å². The Morgan fingerprint density at radius 2 is 1.83 bits per heavy atom. The maximum Gasteiger partial charge on any atom is 0.123 e. The van der Waals surface area contributed by atoms with Gasteiger partial charge in [0.2, 0.25) is 0 Å². The molecule has 0 spiro atoms. The van der Waals surface area contributed by atoms with E-state index in [2.05, 4.69) is 32.2 Å². The lowest BCUT2D eigenvalue weighted by atomic mass is 9.97. The number of rotatable bonds is 7. The van der Waals surface area contributed by atoms with Gasteiger partial charge in [0.05, 0.1) is 6.61 Å². The van der Waals surface area contributed by atoms with E-state index in [1.165, 1.54) is 5.56 Å². The van der Waals surface area contributed by atoms with Crippen molar-refractivity contribution in [2.75, 3.05) is 26.9 Å². The van der Waals surface area contributed by atoms with Gasteiger partial charge in [-0.25, -0.2) is 0 Å². The summed E-state index contributed by atoms with van der Waals surface area (Å²) in [5.41, 5.74) is 1.49. The van der Waals surface area contributed by atoms with Crippen molar-refractivity contribution in [1.82, 2.24) is 5.32 Å². The van der Waals surface area contributed by atoms with E-state index in [4.69, 9.17) is 9.47 Å². The standard InChI is InChI=1S/C15H25NO2/c1-15(2,3)12-16-11-13-7-5-6-8-14(13)18-10-9-17-4/h5-8,16H,9-12H2,1-4H3. The van der Waals surface area contributed by atoms with Gasteiger partial charge >= 0.3 is 0 Å². The number of methoxy groups -OCH3 is 1. The lowest BCUT2D eigenvalue weighted by Crippen LogP contribution is -2.26. The molecule has 0 fully saturated rings. The summed E-state index contributed by atoms with van der Waals surface area (Å²) in [4.78, 5) is 0. The Kier molecular flexibility index (Phi) is 6.16. The van der Waals surface area contributed by atoms with Crippen LogP contribution in [0.25, 0.3) is 0 Å². The molecule has 102 valence electrons. The number of benzene rings is 1. The van der Waals surface area contributed by atoms with Crippen LogP contribution >= 0.6 is 0 Å². The molecular formula is C15H25NO2. The molecule has 0 bridgehead atoms. The summed E-state index contributed by atoms with van der Waals surface area (Å²) in [6.07, 6.45) is 0. The highest BCUT2D eigenvalue weighted by atomic mass is 16.5. The molecule has 0 aliphatic heterocycles. The first kappa shape index (κ1) is 15.0. The molecule has 3 heteroatoms. The van der Waals surface area contributed by atoms with Gasteiger partial charge in [0, 0.05) is 25.8 Å². The van der Waals surface area contributed by atoms with E-state index < -0.39 is 0 Å². The molecule has 1 N–H and O–H groups in total. The number of para-hydroxylation sites is 1. The maximum atomic E-state index is 5.70. The Morgan fingerprint density at radius 3 is 2.50 bits per heavy atom. The molecule has 1 rings (SSSR count). The summed E-state index contributed by atoms with van der Waals surface area (Å²) in [6, 6.07) is 8.13. The minimum atomic E-state index is 0.297. The quantitative estimate of drug-likeness (QED) is 0.756. The summed E-state index contributed by atoms with van der Waals surface area (Å²) in [7, 11) is 1.68. The van der Waals surface area contributed by atoms with Gasteiger partial charge in [0.15, 0.2) is 0 Å². The first-order valence-electron chi connectivity index (χ1n) is 6.43. The predicted octanol–water partition coefficient (Wildman–Crippen LogP) is 2.85. The molecule has 0 aliphatic carbocycles. The molecule has 0 aliphatic rings.